The van der Waals surface area contributed by atoms with Crippen LogP contribution in [0.15, 0.2) is 47.4 Å². The highest BCUT2D eigenvalue weighted by Gasteiger charge is 2.45. The van der Waals surface area contributed by atoms with Gasteiger partial charge < -0.3 is 44.0 Å². The molecule has 0 radical (unpaired) electrons. The van der Waals surface area contributed by atoms with Gasteiger partial charge in [0.15, 0.2) is 16.9 Å². The van der Waals surface area contributed by atoms with Gasteiger partial charge in [-0.05, 0) is 55.0 Å². The lowest BCUT2D eigenvalue weighted by atomic mass is 9.87. The molecule has 3 aliphatic rings. The standard InChI is InChI=1S/C43H51N5O13/c1-25(2)32-20-26-21-36(35(57-3)22-28(26)33-23-34(49)29(43(55)56)24-47(32)33)61-13-5-11-45-37(50)10-14-58-16-18-60-19-17-59-15-12-44-30-7-4-6-27-39(30)42(54)48(41(27)53)31-8-9-38(51)46-40(31)52/h4,6-7,21-25,31-32,44H,5,8-20H2,1-3H3,(H,45,50)(H,55,56)(H,46,51,52)/t31?,32-/m0/s1. The van der Waals surface area contributed by atoms with E-state index in [0.29, 0.717) is 88.5 Å². The Hall–Kier alpha value is -6.11. The number of aromatic carboxylic acids is 1. The number of carboxylic acids is 1. The molecule has 3 aliphatic heterocycles. The van der Waals surface area contributed by atoms with Crippen molar-refractivity contribution < 1.29 is 57.6 Å². The monoisotopic (exact) mass is 845 g/mol. The van der Waals surface area contributed by atoms with Gasteiger partial charge in [-0.25, -0.2) is 4.79 Å². The van der Waals surface area contributed by atoms with Crippen molar-refractivity contribution in [1.82, 2.24) is 20.1 Å². The number of piperidine rings is 1. The predicted octanol–water partition coefficient (Wildman–Crippen LogP) is 2.81. The van der Waals surface area contributed by atoms with Gasteiger partial charge in [-0.2, -0.15) is 0 Å². The second-order valence-electron chi connectivity index (χ2n) is 15.1. The summed E-state index contributed by atoms with van der Waals surface area (Å²) >= 11 is 0. The van der Waals surface area contributed by atoms with Crippen molar-refractivity contribution in [1.29, 1.82) is 0 Å². The minimum atomic E-state index is -1.26. The first-order chi connectivity index (χ1) is 29.4. The zero-order chi connectivity index (χ0) is 43.6. The third-order valence-electron chi connectivity index (χ3n) is 10.7. The van der Waals surface area contributed by atoms with Crippen LogP contribution in [0.5, 0.6) is 11.5 Å². The first kappa shape index (κ1) is 44.4. The number of pyridine rings is 1. The molecule has 61 heavy (non-hydrogen) atoms. The van der Waals surface area contributed by atoms with Crippen LogP contribution < -0.4 is 30.9 Å². The van der Waals surface area contributed by atoms with Gasteiger partial charge in [0.1, 0.15) is 11.6 Å². The Bertz CT molecular complexity index is 2220. The Balaban J connectivity index is 0.814. The predicted molar refractivity (Wildman–Crippen MR) is 219 cm³/mol. The van der Waals surface area contributed by atoms with Crippen LogP contribution in [0.25, 0.3) is 11.3 Å². The molecule has 0 saturated carbocycles. The number of carbonyl (C=O) groups is 6. The van der Waals surface area contributed by atoms with Crippen molar-refractivity contribution in [2.75, 3.05) is 71.8 Å². The van der Waals surface area contributed by atoms with E-state index in [4.69, 9.17) is 23.7 Å². The van der Waals surface area contributed by atoms with Crippen LogP contribution in [0.1, 0.15) is 82.2 Å². The molecule has 18 heteroatoms. The molecule has 0 bridgehead atoms. The molecule has 4 N–H and O–H groups in total. The van der Waals surface area contributed by atoms with Crippen LogP contribution in [-0.2, 0) is 35.0 Å². The molecule has 2 aromatic carbocycles. The molecule has 0 aliphatic carbocycles. The van der Waals surface area contributed by atoms with E-state index >= 15 is 0 Å². The molecule has 1 aromatic heterocycles. The number of hydrogen-bond donors (Lipinski definition) is 4. The maximum atomic E-state index is 13.2. The van der Waals surface area contributed by atoms with Crippen LogP contribution in [-0.4, -0.2) is 123 Å². The molecular weight excluding hydrogens is 794 g/mol. The van der Waals surface area contributed by atoms with E-state index in [-0.39, 0.29) is 60.4 Å². The summed E-state index contributed by atoms with van der Waals surface area (Å²) in [4.78, 5) is 87.6. The number of ether oxygens (including phenoxy) is 5. The SMILES string of the molecule is COc1cc2c(cc1OCCCNC(=O)CCOCCOCCOCCNc1cccc3c1C(=O)N(C1CCC(=O)NC1=O)C3=O)C[C@@H](C(C)C)n1cc(C(=O)O)c(=O)cc1-2. The summed E-state index contributed by atoms with van der Waals surface area (Å²) in [6.45, 7) is 6.95. The Morgan fingerprint density at radius 3 is 2.33 bits per heavy atom. The molecule has 0 spiro atoms. The normalized spacial score (nSPS) is 16.8. The molecule has 18 nitrogen and oxygen atoms in total. The van der Waals surface area contributed by atoms with E-state index in [1.807, 2.05) is 16.7 Å². The minimum absolute atomic E-state index is 0.0466. The van der Waals surface area contributed by atoms with E-state index in [0.717, 1.165) is 16.0 Å². The van der Waals surface area contributed by atoms with Gasteiger partial charge in [-0.1, -0.05) is 19.9 Å². The van der Waals surface area contributed by atoms with Crippen molar-refractivity contribution >= 4 is 41.2 Å². The summed E-state index contributed by atoms with van der Waals surface area (Å²) in [5.41, 5.74) is 2.38. The highest BCUT2D eigenvalue weighted by atomic mass is 16.5. The number of fused-ring (bicyclic) bond motifs is 4. The van der Waals surface area contributed by atoms with Crippen LogP contribution in [0.3, 0.4) is 0 Å². The van der Waals surface area contributed by atoms with Gasteiger partial charge in [-0.15, -0.1) is 0 Å². The number of nitrogens with zero attached hydrogens (tertiary/aromatic N) is 2. The van der Waals surface area contributed by atoms with Crippen LogP contribution >= 0.6 is 0 Å². The third kappa shape index (κ3) is 10.4. The molecular formula is C43H51N5O13. The fourth-order valence-corrected chi connectivity index (χ4v) is 7.56. The molecule has 2 atom stereocenters. The number of hydrogen-bond acceptors (Lipinski definition) is 13. The zero-order valence-electron chi connectivity index (χ0n) is 34.4. The molecule has 4 heterocycles. The van der Waals surface area contributed by atoms with E-state index < -0.39 is 41.1 Å². The van der Waals surface area contributed by atoms with Gasteiger partial charge in [0.2, 0.25) is 17.7 Å². The highest BCUT2D eigenvalue weighted by Crippen LogP contribution is 2.43. The first-order valence-electron chi connectivity index (χ1n) is 20.3. The Labute approximate surface area is 351 Å². The molecule has 1 fully saturated rings. The number of nitrogens with one attached hydrogen (secondary N) is 3. The van der Waals surface area contributed by atoms with Gasteiger partial charge in [0.25, 0.3) is 11.8 Å². The van der Waals surface area contributed by atoms with E-state index in [1.54, 1.807) is 12.1 Å². The minimum Gasteiger partial charge on any atom is -0.493 e. The molecule has 6 rings (SSSR count). The quantitative estimate of drug-likeness (QED) is 0.0843. The molecule has 5 amide bonds. The van der Waals surface area contributed by atoms with Crippen LogP contribution in [0.4, 0.5) is 5.69 Å². The molecule has 3 aromatic rings. The fraction of sp³-hybridized carbons (Fsp3) is 0.465. The summed E-state index contributed by atoms with van der Waals surface area (Å²) in [6, 6.07) is 8.85. The second kappa shape index (κ2) is 20.4. The largest absolute Gasteiger partial charge is 0.493 e. The zero-order valence-corrected chi connectivity index (χ0v) is 34.4. The number of imide groups is 2. The Morgan fingerprint density at radius 2 is 1.62 bits per heavy atom. The number of benzene rings is 2. The Kier molecular flexibility index (Phi) is 14.9. The summed E-state index contributed by atoms with van der Waals surface area (Å²) in [7, 11) is 1.53. The lowest BCUT2D eigenvalue weighted by molar-refractivity contribution is -0.136. The molecule has 1 saturated heterocycles. The maximum Gasteiger partial charge on any atom is 0.341 e. The molecule has 326 valence electrons. The lowest BCUT2D eigenvalue weighted by Crippen LogP contribution is -2.54. The van der Waals surface area contributed by atoms with Crippen molar-refractivity contribution in [3.63, 3.8) is 0 Å². The number of carbonyl (C=O) groups excluding carboxylic acids is 5. The topological polar surface area (TPSA) is 230 Å². The van der Waals surface area contributed by atoms with E-state index in [2.05, 4.69) is 29.8 Å². The van der Waals surface area contributed by atoms with Gasteiger partial charge in [0, 0.05) is 55.5 Å². The summed E-state index contributed by atoms with van der Waals surface area (Å²) in [5.74, 6) is -2.48. The lowest BCUT2D eigenvalue weighted by Gasteiger charge is -2.33. The van der Waals surface area contributed by atoms with Crippen molar-refractivity contribution in [2.24, 2.45) is 5.92 Å². The summed E-state index contributed by atoms with van der Waals surface area (Å²) in [6.07, 6.45) is 2.91. The number of carboxylic acid groups (broad SMARTS) is 1. The maximum absolute atomic E-state index is 13.2. The van der Waals surface area contributed by atoms with Crippen molar-refractivity contribution in [2.45, 2.75) is 58.0 Å². The number of anilines is 1. The Morgan fingerprint density at radius 1 is 0.885 bits per heavy atom. The van der Waals surface area contributed by atoms with Gasteiger partial charge >= 0.3 is 5.97 Å². The number of amides is 5. The highest BCUT2D eigenvalue weighted by molar-refractivity contribution is 6.25. The average molecular weight is 846 g/mol. The van der Waals surface area contributed by atoms with Crippen molar-refractivity contribution in [3.05, 3.63) is 75.1 Å². The van der Waals surface area contributed by atoms with Crippen LogP contribution in [0.2, 0.25) is 0 Å². The first-order valence-corrected chi connectivity index (χ1v) is 20.3. The number of aromatic nitrogens is 1. The average Bonchev–Trinajstić information content (AvgIpc) is 3.48. The van der Waals surface area contributed by atoms with E-state index in [1.165, 1.54) is 25.4 Å². The fourth-order valence-electron chi connectivity index (χ4n) is 7.56. The second-order valence-corrected chi connectivity index (χ2v) is 15.1. The van der Waals surface area contributed by atoms with Gasteiger partial charge in [0.05, 0.1) is 70.2 Å². The summed E-state index contributed by atoms with van der Waals surface area (Å²) < 4.78 is 30.2. The summed E-state index contributed by atoms with van der Waals surface area (Å²) in [5, 5.41) is 17.7. The third-order valence-corrected chi connectivity index (χ3v) is 10.7. The number of methoxy groups -OCH3 is 1. The number of rotatable bonds is 22. The molecule has 1 unspecified atom stereocenters. The van der Waals surface area contributed by atoms with Crippen molar-refractivity contribution in [3.8, 4) is 22.8 Å². The van der Waals surface area contributed by atoms with Crippen LogP contribution in [0, 0.1) is 5.92 Å². The van der Waals surface area contributed by atoms with Gasteiger partial charge in [-0.3, -0.25) is 39.0 Å². The smallest absolute Gasteiger partial charge is 0.341 e. The van der Waals surface area contributed by atoms with E-state index in [9.17, 15) is 38.7 Å².